The quantitative estimate of drug-likeness (QED) is 0.839. The normalized spacial score (nSPS) is 10.4. The number of para-hydroxylation sites is 1. The molecule has 16 heavy (non-hydrogen) atoms. The maximum atomic E-state index is 13.2. The zero-order valence-electron chi connectivity index (χ0n) is 8.72. The van der Waals surface area contributed by atoms with Gasteiger partial charge in [0.05, 0.1) is 18.6 Å². The van der Waals surface area contributed by atoms with Gasteiger partial charge in [-0.15, -0.1) is 0 Å². The van der Waals surface area contributed by atoms with E-state index in [-0.39, 0.29) is 12.2 Å². The number of hydrogen-bond donors (Lipinski definition) is 2. The monoisotopic (exact) mass is 223 g/mol. The molecule has 0 bridgehead atoms. The van der Waals surface area contributed by atoms with E-state index in [1.54, 1.807) is 6.33 Å². The van der Waals surface area contributed by atoms with Gasteiger partial charge in [0, 0.05) is 5.69 Å². The third-order valence-electron chi connectivity index (χ3n) is 2.33. The minimum absolute atomic E-state index is 0.120. The van der Waals surface area contributed by atoms with Gasteiger partial charge in [0.1, 0.15) is 17.3 Å². The first-order valence-electron chi connectivity index (χ1n) is 4.85. The Labute approximate surface area is 91.5 Å². The zero-order chi connectivity index (χ0) is 11.5. The van der Waals surface area contributed by atoms with Gasteiger partial charge in [-0.25, -0.2) is 13.8 Å². The van der Waals surface area contributed by atoms with Crippen molar-refractivity contribution in [2.24, 2.45) is 0 Å². The Morgan fingerprint density at radius 1 is 1.31 bits per heavy atom. The van der Waals surface area contributed by atoms with Gasteiger partial charge in [-0.3, -0.25) is 0 Å². The summed E-state index contributed by atoms with van der Waals surface area (Å²) in [5, 5.41) is 2.69. The number of rotatable bonds is 3. The molecule has 0 saturated heterocycles. The highest BCUT2D eigenvalue weighted by Crippen LogP contribution is 2.18. The molecular weight excluding hydrogens is 212 g/mol. The fraction of sp³-hybridized carbons (Fsp3) is 0.182. The van der Waals surface area contributed by atoms with Crippen LogP contribution in [0.2, 0.25) is 0 Å². The molecule has 3 nitrogen and oxygen atoms in total. The van der Waals surface area contributed by atoms with E-state index < -0.39 is 11.6 Å². The largest absolute Gasteiger partial charge is 0.375 e. The summed E-state index contributed by atoms with van der Waals surface area (Å²) in [7, 11) is 0. The van der Waals surface area contributed by atoms with Gasteiger partial charge >= 0.3 is 0 Å². The molecule has 84 valence electrons. The number of aryl methyl sites for hydroxylation is 1. The summed E-state index contributed by atoms with van der Waals surface area (Å²) in [5.74, 6) is -1.21. The van der Waals surface area contributed by atoms with Crippen LogP contribution >= 0.6 is 0 Å². The van der Waals surface area contributed by atoms with Crippen LogP contribution in [0, 0.1) is 18.6 Å². The van der Waals surface area contributed by atoms with Crippen LogP contribution in [0.3, 0.4) is 0 Å². The standard InChI is InChI=1S/C11H11F2N3/c1-7-10(16-6-15-7)5-14-11-8(12)3-2-4-9(11)13/h2-4,6,14H,5H2,1H3,(H,15,16). The lowest BCUT2D eigenvalue weighted by Gasteiger charge is -2.07. The number of hydrogen-bond acceptors (Lipinski definition) is 2. The van der Waals surface area contributed by atoms with Crippen molar-refractivity contribution in [3.05, 3.63) is 47.5 Å². The van der Waals surface area contributed by atoms with Gasteiger partial charge in [0.25, 0.3) is 0 Å². The maximum Gasteiger partial charge on any atom is 0.149 e. The minimum Gasteiger partial charge on any atom is -0.375 e. The highest BCUT2D eigenvalue weighted by molar-refractivity contribution is 5.46. The van der Waals surface area contributed by atoms with E-state index in [9.17, 15) is 8.78 Å². The molecule has 1 aromatic carbocycles. The molecule has 0 saturated carbocycles. The molecule has 0 radical (unpaired) electrons. The number of imidazole rings is 1. The highest BCUT2D eigenvalue weighted by Gasteiger charge is 2.08. The summed E-state index contributed by atoms with van der Waals surface area (Å²) < 4.78 is 26.5. The lowest BCUT2D eigenvalue weighted by Crippen LogP contribution is -2.05. The van der Waals surface area contributed by atoms with Crippen LogP contribution in [-0.4, -0.2) is 9.97 Å². The molecule has 0 unspecified atom stereocenters. The molecule has 0 aliphatic rings. The molecule has 0 aliphatic carbocycles. The van der Waals surface area contributed by atoms with Crippen molar-refractivity contribution in [1.29, 1.82) is 0 Å². The molecular formula is C11H11F2N3. The van der Waals surface area contributed by atoms with Gasteiger partial charge in [-0.1, -0.05) is 6.07 Å². The molecule has 1 heterocycles. The Hall–Kier alpha value is -1.91. The number of nitrogens with zero attached hydrogens (tertiary/aromatic N) is 1. The molecule has 1 aromatic heterocycles. The number of aromatic amines is 1. The Balaban J connectivity index is 2.14. The number of aromatic nitrogens is 2. The Morgan fingerprint density at radius 2 is 2.00 bits per heavy atom. The zero-order valence-corrected chi connectivity index (χ0v) is 8.72. The van der Waals surface area contributed by atoms with E-state index >= 15 is 0 Å². The second-order valence-electron chi connectivity index (χ2n) is 3.42. The Kier molecular flexibility index (Phi) is 2.85. The second-order valence-corrected chi connectivity index (χ2v) is 3.42. The van der Waals surface area contributed by atoms with E-state index in [0.717, 1.165) is 11.4 Å². The van der Waals surface area contributed by atoms with Crippen LogP contribution in [0.4, 0.5) is 14.5 Å². The van der Waals surface area contributed by atoms with Crippen molar-refractivity contribution < 1.29 is 8.78 Å². The van der Waals surface area contributed by atoms with E-state index in [4.69, 9.17) is 0 Å². The summed E-state index contributed by atoms with van der Waals surface area (Å²) in [6, 6.07) is 3.75. The Bertz CT molecular complexity index is 473. The lowest BCUT2D eigenvalue weighted by atomic mass is 10.2. The molecule has 0 atom stereocenters. The van der Waals surface area contributed by atoms with Crippen molar-refractivity contribution in [3.8, 4) is 0 Å². The molecule has 2 rings (SSSR count). The third kappa shape index (κ3) is 2.03. The fourth-order valence-corrected chi connectivity index (χ4v) is 1.40. The molecule has 2 aromatic rings. The predicted molar refractivity (Wildman–Crippen MR) is 57.0 cm³/mol. The van der Waals surface area contributed by atoms with E-state index in [1.807, 2.05) is 6.92 Å². The van der Waals surface area contributed by atoms with E-state index in [1.165, 1.54) is 18.2 Å². The van der Waals surface area contributed by atoms with Crippen molar-refractivity contribution >= 4 is 5.69 Å². The average Bonchev–Trinajstić information content (AvgIpc) is 2.64. The number of benzene rings is 1. The van der Waals surface area contributed by atoms with E-state index in [0.29, 0.717) is 0 Å². The molecule has 0 fully saturated rings. The van der Waals surface area contributed by atoms with Gasteiger partial charge < -0.3 is 10.3 Å². The number of halogens is 2. The third-order valence-corrected chi connectivity index (χ3v) is 2.33. The van der Waals surface area contributed by atoms with E-state index in [2.05, 4.69) is 15.3 Å². The van der Waals surface area contributed by atoms with Gasteiger partial charge in [0.2, 0.25) is 0 Å². The maximum absolute atomic E-state index is 13.2. The molecule has 0 spiro atoms. The first-order valence-corrected chi connectivity index (χ1v) is 4.85. The fourth-order valence-electron chi connectivity index (χ4n) is 1.40. The first kappa shape index (κ1) is 10.6. The second kappa shape index (κ2) is 4.30. The summed E-state index contributed by atoms with van der Waals surface area (Å²) in [6.07, 6.45) is 1.55. The van der Waals surface area contributed by atoms with Crippen molar-refractivity contribution in [1.82, 2.24) is 9.97 Å². The molecule has 2 N–H and O–H groups in total. The first-order chi connectivity index (χ1) is 7.68. The smallest absolute Gasteiger partial charge is 0.149 e. The molecule has 5 heteroatoms. The van der Waals surface area contributed by atoms with Crippen LogP contribution in [0.25, 0.3) is 0 Å². The number of nitrogens with one attached hydrogen (secondary N) is 2. The average molecular weight is 223 g/mol. The molecule has 0 aliphatic heterocycles. The van der Waals surface area contributed by atoms with Crippen LogP contribution in [0.15, 0.2) is 24.5 Å². The van der Waals surface area contributed by atoms with Crippen LogP contribution < -0.4 is 5.32 Å². The van der Waals surface area contributed by atoms with Crippen molar-refractivity contribution in [2.45, 2.75) is 13.5 Å². The highest BCUT2D eigenvalue weighted by atomic mass is 19.1. The van der Waals surface area contributed by atoms with Gasteiger partial charge in [-0.2, -0.15) is 0 Å². The van der Waals surface area contributed by atoms with Gasteiger partial charge in [0.15, 0.2) is 0 Å². The topological polar surface area (TPSA) is 40.7 Å². The van der Waals surface area contributed by atoms with Crippen molar-refractivity contribution in [2.75, 3.05) is 5.32 Å². The Morgan fingerprint density at radius 3 is 2.56 bits per heavy atom. The van der Waals surface area contributed by atoms with Crippen molar-refractivity contribution in [3.63, 3.8) is 0 Å². The van der Waals surface area contributed by atoms with Gasteiger partial charge in [-0.05, 0) is 19.1 Å². The summed E-state index contributed by atoms with van der Waals surface area (Å²) in [6.45, 7) is 2.13. The minimum atomic E-state index is -0.604. The predicted octanol–water partition coefficient (Wildman–Crippen LogP) is 2.61. The SMILES string of the molecule is Cc1[nH]cnc1CNc1c(F)cccc1F. The number of anilines is 1. The lowest BCUT2D eigenvalue weighted by molar-refractivity contribution is 0.588. The summed E-state index contributed by atoms with van der Waals surface area (Å²) >= 11 is 0. The molecule has 0 amide bonds. The number of H-pyrrole nitrogens is 1. The summed E-state index contributed by atoms with van der Waals surface area (Å²) in [4.78, 5) is 6.92. The van der Waals surface area contributed by atoms with Crippen LogP contribution in [0.1, 0.15) is 11.4 Å². The van der Waals surface area contributed by atoms with Crippen LogP contribution in [-0.2, 0) is 6.54 Å². The summed E-state index contributed by atoms with van der Waals surface area (Å²) in [5.41, 5.74) is 1.50. The van der Waals surface area contributed by atoms with Crippen LogP contribution in [0.5, 0.6) is 0 Å².